The Morgan fingerprint density at radius 2 is 2.16 bits per heavy atom. The molecule has 0 bridgehead atoms. The number of imidazole rings is 1. The van der Waals surface area contributed by atoms with Crippen LogP contribution in [0.15, 0.2) is 34.2 Å². The first kappa shape index (κ1) is 15.5. The Balaban J connectivity index is 1.89. The molecule has 0 saturated carbocycles. The van der Waals surface area contributed by atoms with Crippen LogP contribution in [0.5, 0.6) is 0 Å². The van der Waals surface area contributed by atoms with Crippen LogP contribution in [0.25, 0.3) is 16.9 Å². The number of rotatable bonds is 2. The first-order valence-corrected chi connectivity index (χ1v) is 7.65. The molecule has 3 aromatic rings. The van der Waals surface area contributed by atoms with Gasteiger partial charge >= 0.3 is 5.69 Å². The van der Waals surface area contributed by atoms with Crippen LogP contribution >= 0.6 is 0 Å². The van der Waals surface area contributed by atoms with E-state index in [-0.39, 0.29) is 17.8 Å². The molecule has 8 nitrogen and oxygen atoms in total. The van der Waals surface area contributed by atoms with E-state index in [1.807, 2.05) is 0 Å². The fraction of sp³-hybridized carbons (Fsp3) is 0.333. The molecule has 25 heavy (non-hydrogen) atoms. The number of aromatic amines is 2. The fourth-order valence-electron chi connectivity index (χ4n) is 2.99. The van der Waals surface area contributed by atoms with Crippen molar-refractivity contribution in [2.45, 2.75) is 12.8 Å². The lowest BCUT2D eigenvalue weighted by Gasteiger charge is -2.19. The lowest BCUT2D eigenvalue weighted by molar-refractivity contribution is -0.0137. The summed E-state index contributed by atoms with van der Waals surface area (Å²) < 4.78 is 29.3. The van der Waals surface area contributed by atoms with Gasteiger partial charge in [-0.1, -0.05) is 6.92 Å². The molecule has 1 aliphatic rings. The molecular formula is C15H14F2N6O2. The van der Waals surface area contributed by atoms with Crippen LogP contribution in [0.1, 0.15) is 6.92 Å². The Hall–Kier alpha value is -3.04. The fourth-order valence-corrected chi connectivity index (χ4v) is 2.99. The number of hydrogen-bond donors (Lipinski definition) is 2. The van der Waals surface area contributed by atoms with Crippen LogP contribution in [-0.2, 0) is 0 Å². The Labute approximate surface area is 139 Å². The number of alkyl halides is 2. The van der Waals surface area contributed by atoms with Gasteiger partial charge in [-0.05, 0) is 6.07 Å². The summed E-state index contributed by atoms with van der Waals surface area (Å²) in [4.78, 5) is 33.4. The van der Waals surface area contributed by atoms with Gasteiger partial charge in [0.1, 0.15) is 5.69 Å². The third-order valence-corrected chi connectivity index (χ3v) is 4.39. The highest BCUT2D eigenvalue weighted by molar-refractivity contribution is 5.74. The quantitative estimate of drug-likeness (QED) is 0.716. The molecule has 0 radical (unpaired) electrons. The van der Waals surface area contributed by atoms with Gasteiger partial charge in [0.15, 0.2) is 5.65 Å². The van der Waals surface area contributed by atoms with E-state index in [9.17, 15) is 18.4 Å². The van der Waals surface area contributed by atoms with E-state index in [2.05, 4.69) is 20.1 Å². The Morgan fingerprint density at radius 1 is 1.36 bits per heavy atom. The van der Waals surface area contributed by atoms with Crippen LogP contribution in [0.4, 0.5) is 14.5 Å². The highest BCUT2D eigenvalue weighted by Crippen LogP contribution is 2.37. The van der Waals surface area contributed by atoms with Gasteiger partial charge in [-0.15, -0.1) is 0 Å². The molecule has 3 aromatic heterocycles. The summed E-state index contributed by atoms with van der Waals surface area (Å²) in [6.45, 7) is 1.24. The molecule has 4 heterocycles. The highest BCUT2D eigenvalue weighted by atomic mass is 19.3. The number of nitrogens with one attached hydrogen (secondary N) is 2. The minimum atomic E-state index is -2.80. The van der Waals surface area contributed by atoms with Crippen molar-refractivity contribution in [1.29, 1.82) is 0 Å². The summed E-state index contributed by atoms with van der Waals surface area (Å²) in [5, 5.41) is 4.28. The molecule has 0 amide bonds. The summed E-state index contributed by atoms with van der Waals surface area (Å²) in [5.41, 5.74) is 0.0305. The van der Waals surface area contributed by atoms with E-state index in [4.69, 9.17) is 0 Å². The number of halogens is 2. The minimum Gasteiger partial charge on any atom is -0.362 e. The topological polar surface area (TPSA) is 99.2 Å². The van der Waals surface area contributed by atoms with Gasteiger partial charge in [0, 0.05) is 31.1 Å². The van der Waals surface area contributed by atoms with E-state index in [1.165, 1.54) is 28.7 Å². The molecule has 4 rings (SSSR count). The molecule has 2 N–H and O–H groups in total. The van der Waals surface area contributed by atoms with Gasteiger partial charge in [0.05, 0.1) is 17.8 Å². The van der Waals surface area contributed by atoms with Crippen molar-refractivity contribution in [3.8, 4) is 11.3 Å². The Morgan fingerprint density at radius 3 is 2.84 bits per heavy atom. The van der Waals surface area contributed by atoms with E-state index in [1.54, 1.807) is 12.3 Å². The molecule has 130 valence electrons. The second kappa shape index (κ2) is 5.23. The lowest BCUT2D eigenvalue weighted by atomic mass is 10.1. The van der Waals surface area contributed by atoms with Crippen molar-refractivity contribution in [3.05, 3.63) is 45.5 Å². The second-order valence-electron chi connectivity index (χ2n) is 6.14. The van der Waals surface area contributed by atoms with Crippen molar-refractivity contribution in [1.82, 2.24) is 24.6 Å². The molecule has 0 aromatic carbocycles. The van der Waals surface area contributed by atoms with Gasteiger partial charge in [-0.25, -0.2) is 23.1 Å². The van der Waals surface area contributed by atoms with Crippen LogP contribution in [0.3, 0.4) is 0 Å². The smallest absolute Gasteiger partial charge is 0.325 e. The monoisotopic (exact) mass is 348 g/mol. The van der Waals surface area contributed by atoms with Gasteiger partial charge in [0.2, 0.25) is 0 Å². The molecule has 1 aliphatic heterocycles. The number of hydrogen-bond acceptors (Lipinski definition) is 5. The van der Waals surface area contributed by atoms with Gasteiger partial charge in [-0.3, -0.25) is 9.78 Å². The summed E-state index contributed by atoms with van der Waals surface area (Å²) in [5.74, 6) is -3.60. The minimum absolute atomic E-state index is 0.135. The highest BCUT2D eigenvalue weighted by Gasteiger charge is 2.45. The second-order valence-corrected chi connectivity index (χ2v) is 6.14. The Kier molecular flexibility index (Phi) is 3.24. The number of fused-ring (bicyclic) bond motifs is 1. The Bertz CT molecular complexity index is 1070. The first-order chi connectivity index (χ1) is 11.8. The first-order valence-electron chi connectivity index (χ1n) is 7.65. The van der Waals surface area contributed by atoms with Crippen molar-refractivity contribution in [3.63, 3.8) is 0 Å². The average Bonchev–Trinajstić information content (AvgIpc) is 3.11. The number of nitrogens with zero attached hydrogens (tertiary/aromatic N) is 4. The molecule has 0 spiro atoms. The summed E-state index contributed by atoms with van der Waals surface area (Å²) in [6.07, 6.45) is 4.32. The molecule has 1 unspecified atom stereocenters. The molecular weight excluding hydrogens is 334 g/mol. The predicted octanol–water partition coefficient (Wildman–Crippen LogP) is 0.864. The summed E-state index contributed by atoms with van der Waals surface area (Å²) in [6, 6.07) is 1.54. The van der Waals surface area contributed by atoms with Crippen molar-refractivity contribution < 1.29 is 8.78 Å². The maximum atomic E-state index is 14.0. The molecule has 1 atom stereocenters. The third-order valence-electron chi connectivity index (χ3n) is 4.39. The van der Waals surface area contributed by atoms with Gasteiger partial charge < -0.3 is 9.88 Å². The zero-order valence-electron chi connectivity index (χ0n) is 13.2. The van der Waals surface area contributed by atoms with Crippen LogP contribution in [0.2, 0.25) is 0 Å². The number of aromatic nitrogens is 5. The zero-order chi connectivity index (χ0) is 17.8. The molecule has 1 fully saturated rings. The van der Waals surface area contributed by atoms with E-state index in [0.29, 0.717) is 11.3 Å². The number of H-pyrrole nitrogens is 2. The van der Waals surface area contributed by atoms with E-state index >= 15 is 0 Å². The SMILES string of the molecule is CC1CN(c2cc(-c3c[nH]c(=O)[nH]c3=O)nn3ccnc23)CC1(F)F. The summed E-state index contributed by atoms with van der Waals surface area (Å²) in [7, 11) is 0. The lowest BCUT2D eigenvalue weighted by Crippen LogP contribution is -2.27. The summed E-state index contributed by atoms with van der Waals surface area (Å²) >= 11 is 0. The standard InChI is InChI=1S/C15H14F2N6O2/c1-8-6-22(7-15(8,16)17)11-4-10(21-23-3-2-18-12(11)23)9-5-19-14(25)20-13(9)24/h2-5,8H,6-7H2,1H3,(H2,19,20,24,25). The third kappa shape index (κ3) is 2.49. The van der Waals surface area contributed by atoms with Crippen LogP contribution < -0.4 is 16.1 Å². The largest absolute Gasteiger partial charge is 0.362 e. The zero-order valence-corrected chi connectivity index (χ0v) is 13.2. The molecule has 0 aliphatic carbocycles. The maximum absolute atomic E-state index is 14.0. The number of anilines is 1. The van der Waals surface area contributed by atoms with Crippen LogP contribution in [0, 0.1) is 5.92 Å². The van der Waals surface area contributed by atoms with E-state index in [0.717, 1.165) is 0 Å². The van der Waals surface area contributed by atoms with E-state index < -0.39 is 29.6 Å². The van der Waals surface area contributed by atoms with Crippen molar-refractivity contribution in [2.24, 2.45) is 5.92 Å². The van der Waals surface area contributed by atoms with Crippen molar-refractivity contribution in [2.75, 3.05) is 18.0 Å². The maximum Gasteiger partial charge on any atom is 0.325 e. The van der Waals surface area contributed by atoms with Crippen LogP contribution in [-0.4, -0.2) is 43.6 Å². The molecule has 10 heteroatoms. The normalized spacial score (nSPS) is 19.6. The molecule has 1 saturated heterocycles. The van der Waals surface area contributed by atoms with Crippen molar-refractivity contribution >= 4 is 11.3 Å². The van der Waals surface area contributed by atoms with Gasteiger partial charge in [-0.2, -0.15) is 5.10 Å². The van der Waals surface area contributed by atoms with Gasteiger partial charge in [0.25, 0.3) is 11.5 Å². The average molecular weight is 348 g/mol. The predicted molar refractivity (Wildman–Crippen MR) is 86.0 cm³/mol.